The van der Waals surface area contributed by atoms with Crippen LogP contribution >= 0.6 is 0 Å². The maximum atomic E-state index is 11.9. The van der Waals surface area contributed by atoms with Crippen LogP contribution in [0, 0.1) is 6.92 Å². The maximum absolute atomic E-state index is 11.9. The standard InChI is InChI=1S/C14H13NO4/c1-8-10-4-3-9(19-2)7-12(10)15-14(18)11(8)5-6-13(16)17/h3-7H,1-2H3,(H,15,18)(H,16,17)/b6-5+. The minimum Gasteiger partial charge on any atom is -0.497 e. The van der Waals surface area contributed by atoms with Gasteiger partial charge in [0.05, 0.1) is 12.6 Å². The van der Waals surface area contributed by atoms with Crippen LogP contribution in [0.5, 0.6) is 5.75 Å². The molecular formula is C14H13NO4. The number of methoxy groups -OCH3 is 1. The Kier molecular flexibility index (Phi) is 3.37. The van der Waals surface area contributed by atoms with Crippen molar-refractivity contribution in [1.82, 2.24) is 4.98 Å². The number of H-pyrrole nitrogens is 1. The van der Waals surface area contributed by atoms with E-state index >= 15 is 0 Å². The Balaban J connectivity index is 2.69. The lowest BCUT2D eigenvalue weighted by atomic mass is 10.0. The molecule has 2 aromatic rings. The number of aromatic amines is 1. The summed E-state index contributed by atoms with van der Waals surface area (Å²) in [5.74, 6) is -0.440. The van der Waals surface area contributed by atoms with E-state index < -0.39 is 5.97 Å². The van der Waals surface area contributed by atoms with Crippen LogP contribution in [-0.2, 0) is 4.79 Å². The molecule has 0 aliphatic carbocycles. The van der Waals surface area contributed by atoms with Crippen molar-refractivity contribution in [2.75, 3.05) is 7.11 Å². The van der Waals surface area contributed by atoms with Crippen molar-refractivity contribution in [3.63, 3.8) is 0 Å². The molecule has 0 amide bonds. The van der Waals surface area contributed by atoms with E-state index in [-0.39, 0.29) is 5.56 Å². The Bertz CT molecular complexity index is 728. The second-order valence-electron chi connectivity index (χ2n) is 4.08. The van der Waals surface area contributed by atoms with E-state index in [0.717, 1.165) is 17.0 Å². The molecular weight excluding hydrogens is 246 g/mol. The largest absolute Gasteiger partial charge is 0.497 e. The molecule has 0 unspecified atom stereocenters. The number of benzene rings is 1. The zero-order valence-corrected chi connectivity index (χ0v) is 10.6. The molecule has 0 bridgehead atoms. The molecule has 5 nitrogen and oxygen atoms in total. The zero-order valence-electron chi connectivity index (χ0n) is 10.6. The third-order valence-corrected chi connectivity index (χ3v) is 2.92. The van der Waals surface area contributed by atoms with Gasteiger partial charge in [-0.15, -0.1) is 0 Å². The van der Waals surface area contributed by atoms with Crippen LogP contribution in [0.4, 0.5) is 0 Å². The fourth-order valence-corrected chi connectivity index (χ4v) is 1.94. The number of pyridine rings is 1. The molecule has 0 spiro atoms. The van der Waals surface area contributed by atoms with Gasteiger partial charge in [0.1, 0.15) is 5.75 Å². The van der Waals surface area contributed by atoms with Gasteiger partial charge in [-0.1, -0.05) is 0 Å². The number of ether oxygens (including phenoxy) is 1. The molecule has 19 heavy (non-hydrogen) atoms. The van der Waals surface area contributed by atoms with Gasteiger partial charge < -0.3 is 14.8 Å². The number of carbonyl (C=O) groups is 1. The summed E-state index contributed by atoms with van der Waals surface area (Å²) in [6, 6.07) is 5.35. The van der Waals surface area contributed by atoms with Crippen molar-refractivity contribution in [2.24, 2.45) is 0 Å². The van der Waals surface area contributed by atoms with Gasteiger partial charge in [-0.05, 0) is 30.7 Å². The van der Waals surface area contributed by atoms with E-state index in [1.54, 1.807) is 26.2 Å². The Hall–Kier alpha value is -2.56. The summed E-state index contributed by atoms with van der Waals surface area (Å²) < 4.78 is 5.10. The Morgan fingerprint density at radius 3 is 2.79 bits per heavy atom. The average molecular weight is 259 g/mol. The molecule has 0 radical (unpaired) electrons. The number of hydrogen-bond donors (Lipinski definition) is 2. The van der Waals surface area contributed by atoms with Crippen molar-refractivity contribution < 1.29 is 14.6 Å². The van der Waals surface area contributed by atoms with E-state index in [1.165, 1.54) is 6.08 Å². The van der Waals surface area contributed by atoms with Crippen molar-refractivity contribution in [2.45, 2.75) is 6.92 Å². The number of carboxylic acids is 1. The molecule has 1 aromatic heterocycles. The summed E-state index contributed by atoms with van der Waals surface area (Å²) in [5, 5.41) is 9.47. The van der Waals surface area contributed by atoms with Crippen LogP contribution in [0.15, 0.2) is 29.1 Å². The van der Waals surface area contributed by atoms with Crippen molar-refractivity contribution in [3.8, 4) is 5.75 Å². The Labute approximate surface area is 109 Å². The van der Waals surface area contributed by atoms with E-state index in [2.05, 4.69) is 4.98 Å². The first kappa shape index (κ1) is 12.9. The number of carboxylic acid groups (broad SMARTS) is 1. The molecule has 1 aromatic carbocycles. The first-order chi connectivity index (χ1) is 9.02. The molecule has 0 saturated carbocycles. The molecule has 0 atom stereocenters. The molecule has 0 saturated heterocycles. The average Bonchev–Trinajstić information content (AvgIpc) is 2.37. The smallest absolute Gasteiger partial charge is 0.328 e. The third kappa shape index (κ3) is 2.49. The minimum absolute atomic E-state index is 0.323. The van der Waals surface area contributed by atoms with Crippen LogP contribution in [0.3, 0.4) is 0 Å². The third-order valence-electron chi connectivity index (χ3n) is 2.92. The summed E-state index contributed by atoms with van der Waals surface area (Å²) in [7, 11) is 1.55. The lowest BCUT2D eigenvalue weighted by Gasteiger charge is -2.07. The Morgan fingerprint density at radius 1 is 1.42 bits per heavy atom. The van der Waals surface area contributed by atoms with Crippen molar-refractivity contribution in [1.29, 1.82) is 0 Å². The van der Waals surface area contributed by atoms with E-state index in [4.69, 9.17) is 9.84 Å². The molecule has 0 fully saturated rings. The fraction of sp³-hybridized carbons (Fsp3) is 0.143. The molecule has 5 heteroatoms. The van der Waals surface area contributed by atoms with Gasteiger partial charge >= 0.3 is 5.97 Å². The second kappa shape index (κ2) is 4.97. The minimum atomic E-state index is -1.09. The first-order valence-corrected chi connectivity index (χ1v) is 5.64. The summed E-state index contributed by atoms with van der Waals surface area (Å²) in [6.45, 7) is 1.78. The maximum Gasteiger partial charge on any atom is 0.328 e. The number of hydrogen-bond acceptors (Lipinski definition) is 3. The van der Waals surface area contributed by atoms with Gasteiger partial charge in [0, 0.05) is 23.1 Å². The second-order valence-corrected chi connectivity index (χ2v) is 4.08. The van der Waals surface area contributed by atoms with E-state index in [0.29, 0.717) is 16.8 Å². The predicted molar refractivity (Wildman–Crippen MR) is 72.5 cm³/mol. The molecule has 2 rings (SSSR count). The molecule has 98 valence electrons. The van der Waals surface area contributed by atoms with Gasteiger partial charge in [0.2, 0.25) is 0 Å². The number of aromatic nitrogens is 1. The lowest BCUT2D eigenvalue weighted by Crippen LogP contribution is -2.12. The number of fused-ring (bicyclic) bond motifs is 1. The summed E-state index contributed by atoms with van der Waals surface area (Å²) in [4.78, 5) is 25.2. The van der Waals surface area contributed by atoms with Crippen LogP contribution in [0.25, 0.3) is 17.0 Å². The van der Waals surface area contributed by atoms with Crippen LogP contribution in [0.1, 0.15) is 11.1 Å². The summed E-state index contributed by atoms with van der Waals surface area (Å²) in [5.41, 5.74) is 1.42. The van der Waals surface area contributed by atoms with Gasteiger partial charge in [-0.25, -0.2) is 4.79 Å². The highest BCUT2D eigenvalue weighted by Gasteiger charge is 2.07. The highest BCUT2D eigenvalue weighted by molar-refractivity contribution is 5.89. The van der Waals surface area contributed by atoms with Crippen molar-refractivity contribution in [3.05, 3.63) is 45.8 Å². The van der Waals surface area contributed by atoms with Gasteiger partial charge in [0.25, 0.3) is 5.56 Å². The van der Waals surface area contributed by atoms with E-state index in [1.807, 2.05) is 6.07 Å². The molecule has 1 heterocycles. The van der Waals surface area contributed by atoms with Gasteiger partial charge in [0.15, 0.2) is 0 Å². The highest BCUT2D eigenvalue weighted by Crippen LogP contribution is 2.22. The number of aliphatic carboxylic acids is 1. The highest BCUT2D eigenvalue weighted by atomic mass is 16.5. The number of nitrogens with one attached hydrogen (secondary N) is 1. The lowest BCUT2D eigenvalue weighted by molar-refractivity contribution is -0.131. The van der Waals surface area contributed by atoms with Crippen LogP contribution in [-0.4, -0.2) is 23.2 Å². The van der Waals surface area contributed by atoms with Gasteiger partial charge in [-0.2, -0.15) is 0 Å². The SMILES string of the molecule is COc1ccc2c(C)c(/C=C/C(=O)O)c(=O)[nH]c2c1. The number of aryl methyl sites for hydroxylation is 1. The molecule has 2 N–H and O–H groups in total. The predicted octanol–water partition coefficient (Wildman–Crippen LogP) is 1.94. The quantitative estimate of drug-likeness (QED) is 0.825. The van der Waals surface area contributed by atoms with Gasteiger partial charge in [-0.3, -0.25) is 4.79 Å². The van der Waals surface area contributed by atoms with Crippen LogP contribution in [0.2, 0.25) is 0 Å². The molecule has 0 aliphatic heterocycles. The van der Waals surface area contributed by atoms with Crippen LogP contribution < -0.4 is 10.3 Å². The zero-order chi connectivity index (χ0) is 14.0. The first-order valence-electron chi connectivity index (χ1n) is 5.64. The Morgan fingerprint density at radius 2 is 2.16 bits per heavy atom. The number of rotatable bonds is 3. The topological polar surface area (TPSA) is 79.4 Å². The fourth-order valence-electron chi connectivity index (χ4n) is 1.94. The van der Waals surface area contributed by atoms with E-state index in [9.17, 15) is 9.59 Å². The van der Waals surface area contributed by atoms with Crippen molar-refractivity contribution >= 4 is 22.9 Å². The monoisotopic (exact) mass is 259 g/mol. The normalized spacial score (nSPS) is 11.1. The summed E-state index contributed by atoms with van der Waals surface area (Å²) in [6.07, 6.45) is 2.26. The summed E-state index contributed by atoms with van der Waals surface area (Å²) >= 11 is 0. The molecule has 0 aliphatic rings.